The summed E-state index contributed by atoms with van der Waals surface area (Å²) in [5.41, 5.74) is 4.95. The summed E-state index contributed by atoms with van der Waals surface area (Å²) in [5, 5.41) is 9.74. The number of carbonyl (C=O) groups excluding carboxylic acids is 1. The van der Waals surface area contributed by atoms with Gasteiger partial charge in [0, 0.05) is 6.54 Å². The standard InChI is InChI=1S/C4H8NO2/c1-3(2-5)4(6)7/h3H,2,5H2,1H3. The van der Waals surface area contributed by atoms with Crippen molar-refractivity contribution in [2.24, 2.45) is 11.7 Å². The molecule has 0 rings (SSSR count). The fourth-order valence-corrected chi connectivity index (χ4v) is 0.0962. The highest BCUT2D eigenvalue weighted by molar-refractivity contribution is 5.69. The van der Waals surface area contributed by atoms with E-state index in [0.29, 0.717) is 0 Å². The Morgan fingerprint density at radius 2 is 2.29 bits per heavy atom. The number of hydrogen-bond donors (Lipinski definition) is 1. The second-order valence-electron chi connectivity index (χ2n) is 1.46. The first-order valence-electron chi connectivity index (χ1n) is 2.09. The lowest BCUT2D eigenvalue weighted by Crippen LogP contribution is -2.18. The van der Waals surface area contributed by atoms with Crippen LogP contribution in [0.2, 0.25) is 0 Å². The molecule has 0 saturated heterocycles. The van der Waals surface area contributed by atoms with E-state index in [1.54, 1.807) is 0 Å². The summed E-state index contributed by atoms with van der Waals surface area (Å²) in [4.78, 5) is 9.74. The van der Waals surface area contributed by atoms with Crippen molar-refractivity contribution in [2.75, 3.05) is 6.54 Å². The van der Waals surface area contributed by atoms with E-state index in [1.807, 2.05) is 0 Å². The van der Waals surface area contributed by atoms with Gasteiger partial charge in [-0.15, -0.1) is 0 Å². The van der Waals surface area contributed by atoms with Crippen LogP contribution in [0.4, 0.5) is 0 Å². The van der Waals surface area contributed by atoms with Gasteiger partial charge in [0.25, 0.3) is 0 Å². The topological polar surface area (TPSA) is 63.0 Å². The van der Waals surface area contributed by atoms with Gasteiger partial charge in [0.15, 0.2) is 0 Å². The summed E-state index contributed by atoms with van der Waals surface area (Å²) in [6.07, 6.45) is 0. The van der Waals surface area contributed by atoms with Crippen LogP contribution < -0.4 is 5.73 Å². The molecular weight excluding hydrogens is 94.0 g/mol. The molecule has 7 heavy (non-hydrogen) atoms. The SMILES string of the molecule is CC(CN)C([O])=O. The Morgan fingerprint density at radius 1 is 1.86 bits per heavy atom. The van der Waals surface area contributed by atoms with Crippen molar-refractivity contribution in [3.63, 3.8) is 0 Å². The van der Waals surface area contributed by atoms with Gasteiger partial charge in [-0.3, -0.25) is 0 Å². The van der Waals surface area contributed by atoms with Crippen molar-refractivity contribution in [2.45, 2.75) is 6.92 Å². The van der Waals surface area contributed by atoms with Crippen molar-refractivity contribution in [3.8, 4) is 0 Å². The van der Waals surface area contributed by atoms with Crippen LogP contribution >= 0.6 is 0 Å². The Morgan fingerprint density at radius 3 is 2.29 bits per heavy atom. The molecule has 0 fully saturated rings. The van der Waals surface area contributed by atoms with Crippen LogP contribution in [0.3, 0.4) is 0 Å². The van der Waals surface area contributed by atoms with E-state index >= 15 is 0 Å². The highest BCUT2D eigenvalue weighted by Gasteiger charge is 2.08. The zero-order valence-electron chi connectivity index (χ0n) is 4.18. The van der Waals surface area contributed by atoms with Gasteiger partial charge in [0.05, 0.1) is 5.92 Å². The summed E-state index contributed by atoms with van der Waals surface area (Å²) in [7, 11) is 0. The lowest BCUT2D eigenvalue weighted by molar-refractivity contribution is -0.147. The smallest absolute Gasteiger partial charge is 0.330 e. The normalized spacial score (nSPS) is 13.4. The molecule has 0 aliphatic rings. The zero-order valence-corrected chi connectivity index (χ0v) is 4.18. The monoisotopic (exact) mass is 102 g/mol. The van der Waals surface area contributed by atoms with Crippen LogP contribution in [0.15, 0.2) is 0 Å². The molecule has 0 amide bonds. The highest BCUT2D eigenvalue weighted by Crippen LogP contribution is 1.87. The first kappa shape index (κ1) is 6.43. The molecule has 0 aromatic carbocycles. The van der Waals surface area contributed by atoms with Crippen LogP contribution in [0.1, 0.15) is 6.92 Å². The summed E-state index contributed by atoms with van der Waals surface area (Å²) in [6.45, 7) is 1.66. The van der Waals surface area contributed by atoms with Crippen molar-refractivity contribution in [1.82, 2.24) is 0 Å². The summed E-state index contributed by atoms with van der Waals surface area (Å²) >= 11 is 0. The van der Waals surface area contributed by atoms with E-state index in [1.165, 1.54) is 6.92 Å². The largest absolute Gasteiger partial charge is 0.359 e. The molecule has 3 nitrogen and oxygen atoms in total. The Hall–Kier alpha value is -0.570. The van der Waals surface area contributed by atoms with Crippen molar-refractivity contribution in [1.29, 1.82) is 0 Å². The fraction of sp³-hybridized carbons (Fsp3) is 0.750. The molecule has 3 heteroatoms. The Labute approximate surface area is 42.1 Å². The first-order valence-corrected chi connectivity index (χ1v) is 2.09. The van der Waals surface area contributed by atoms with Gasteiger partial charge in [0.1, 0.15) is 0 Å². The molecule has 0 bridgehead atoms. The van der Waals surface area contributed by atoms with Crippen molar-refractivity contribution in [3.05, 3.63) is 0 Å². The van der Waals surface area contributed by atoms with E-state index in [9.17, 15) is 9.90 Å². The van der Waals surface area contributed by atoms with Crippen LogP contribution in [0.25, 0.3) is 0 Å². The van der Waals surface area contributed by atoms with Crippen LogP contribution in [-0.2, 0) is 9.90 Å². The maximum atomic E-state index is 9.74. The highest BCUT2D eigenvalue weighted by atomic mass is 16.4. The minimum Gasteiger partial charge on any atom is -0.330 e. The number of rotatable bonds is 2. The average molecular weight is 102 g/mol. The third-order valence-corrected chi connectivity index (χ3v) is 0.756. The predicted molar refractivity (Wildman–Crippen MR) is 23.9 cm³/mol. The lowest BCUT2D eigenvalue weighted by atomic mass is 10.2. The zero-order chi connectivity index (χ0) is 5.86. The Balaban J connectivity index is 3.34. The molecule has 0 aromatic heterocycles. The van der Waals surface area contributed by atoms with E-state index in [2.05, 4.69) is 0 Å². The summed E-state index contributed by atoms with van der Waals surface area (Å²) in [6, 6.07) is 0. The Kier molecular flexibility index (Phi) is 2.37. The fourth-order valence-electron chi connectivity index (χ4n) is 0.0962. The second-order valence-corrected chi connectivity index (χ2v) is 1.46. The molecule has 0 aliphatic carbocycles. The van der Waals surface area contributed by atoms with Gasteiger partial charge in [-0.25, -0.2) is 9.90 Å². The lowest BCUT2D eigenvalue weighted by Gasteiger charge is -1.93. The molecule has 1 radical (unpaired) electrons. The van der Waals surface area contributed by atoms with Crippen LogP contribution in [-0.4, -0.2) is 12.5 Å². The van der Waals surface area contributed by atoms with Crippen molar-refractivity contribution < 1.29 is 9.90 Å². The minimum absolute atomic E-state index is 0.155. The number of carbonyl (C=O) groups is 1. The second kappa shape index (κ2) is 2.58. The van der Waals surface area contributed by atoms with E-state index in [-0.39, 0.29) is 6.54 Å². The van der Waals surface area contributed by atoms with Gasteiger partial charge in [-0.1, -0.05) is 6.92 Å². The maximum absolute atomic E-state index is 9.74. The molecule has 0 saturated carbocycles. The van der Waals surface area contributed by atoms with Crippen LogP contribution in [0, 0.1) is 5.92 Å². The molecule has 0 heterocycles. The van der Waals surface area contributed by atoms with E-state index in [4.69, 9.17) is 5.73 Å². The molecule has 0 spiro atoms. The molecule has 1 unspecified atom stereocenters. The van der Waals surface area contributed by atoms with Crippen LogP contribution in [0.5, 0.6) is 0 Å². The molecule has 1 atom stereocenters. The first-order chi connectivity index (χ1) is 3.18. The third-order valence-electron chi connectivity index (χ3n) is 0.756. The van der Waals surface area contributed by atoms with Gasteiger partial charge >= 0.3 is 5.97 Å². The molecule has 2 N–H and O–H groups in total. The average Bonchev–Trinajstić information content (AvgIpc) is 1.65. The maximum Gasteiger partial charge on any atom is 0.359 e. The molecule has 41 valence electrons. The molecular formula is C4H8NO2. The van der Waals surface area contributed by atoms with Gasteiger partial charge in [-0.05, 0) is 0 Å². The minimum atomic E-state index is -1.08. The Bertz CT molecular complexity index is 72.1. The summed E-state index contributed by atoms with van der Waals surface area (Å²) in [5.74, 6) is -1.59. The van der Waals surface area contributed by atoms with Gasteiger partial charge in [0.2, 0.25) is 0 Å². The summed E-state index contributed by atoms with van der Waals surface area (Å²) < 4.78 is 0. The molecule has 0 aliphatic heterocycles. The molecule has 0 aromatic rings. The van der Waals surface area contributed by atoms with E-state index < -0.39 is 11.9 Å². The van der Waals surface area contributed by atoms with Gasteiger partial charge in [-0.2, -0.15) is 0 Å². The number of hydrogen-bond acceptors (Lipinski definition) is 2. The predicted octanol–water partition coefficient (Wildman–Crippen LogP) is -0.462. The third kappa shape index (κ3) is 2.17. The van der Waals surface area contributed by atoms with Gasteiger partial charge < -0.3 is 5.73 Å². The van der Waals surface area contributed by atoms with Crippen molar-refractivity contribution >= 4 is 5.97 Å². The quantitative estimate of drug-likeness (QED) is 0.512. The number of nitrogens with two attached hydrogens (primary N) is 1. The van der Waals surface area contributed by atoms with E-state index in [0.717, 1.165) is 0 Å².